The molecule has 0 fully saturated rings. The quantitative estimate of drug-likeness (QED) is 0.377. The van der Waals surface area contributed by atoms with Crippen molar-refractivity contribution in [2.24, 2.45) is 4.99 Å². The molecule has 0 aliphatic carbocycles. The van der Waals surface area contributed by atoms with Crippen LogP contribution >= 0.6 is 11.3 Å². The molecule has 3 aromatic rings. The van der Waals surface area contributed by atoms with Crippen LogP contribution in [0.25, 0.3) is 6.08 Å². The number of allylic oxidation sites excluding steroid dienone is 1. The molecule has 4 rings (SSSR count). The highest BCUT2D eigenvalue weighted by Crippen LogP contribution is 2.36. The fourth-order valence-electron chi connectivity index (χ4n) is 4.27. The Bertz CT molecular complexity index is 1640. The molecule has 0 spiro atoms. The van der Waals surface area contributed by atoms with E-state index in [1.54, 1.807) is 57.4 Å². The van der Waals surface area contributed by atoms with Crippen molar-refractivity contribution in [2.45, 2.75) is 39.8 Å². The summed E-state index contributed by atoms with van der Waals surface area (Å²) in [5.74, 6) is 1.02. The number of nitriles is 1. The van der Waals surface area contributed by atoms with Crippen LogP contribution in [0.2, 0.25) is 0 Å². The Hall–Kier alpha value is -4.36. The van der Waals surface area contributed by atoms with E-state index >= 15 is 0 Å². The highest BCUT2D eigenvalue weighted by molar-refractivity contribution is 7.07. The van der Waals surface area contributed by atoms with Gasteiger partial charge in [0.15, 0.2) is 22.9 Å². The summed E-state index contributed by atoms with van der Waals surface area (Å²) < 4.78 is 24.2. The number of fused-ring (bicyclic) bond motifs is 1. The highest BCUT2D eigenvalue weighted by Gasteiger charge is 2.34. The van der Waals surface area contributed by atoms with Gasteiger partial charge in [0.1, 0.15) is 11.8 Å². The van der Waals surface area contributed by atoms with E-state index in [0.717, 1.165) is 5.56 Å². The van der Waals surface area contributed by atoms with Gasteiger partial charge in [-0.3, -0.25) is 9.36 Å². The van der Waals surface area contributed by atoms with Crippen LogP contribution in [-0.4, -0.2) is 37.0 Å². The number of benzene rings is 2. The van der Waals surface area contributed by atoms with Crippen molar-refractivity contribution in [3.63, 3.8) is 0 Å². The minimum atomic E-state index is -0.783. The van der Waals surface area contributed by atoms with Crippen LogP contribution in [0.5, 0.6) is 17.2 Å². The number of carbonyl (C=O) groups excluding carboxylic acids is 1. The minimum absolute atomic E-state index is 0.0662. The largest absolute Gasteiger partial charge is 0.493 e. The fourth-order valence-corrected chi connectivity index (χ4v) is 5.32. The van der Waals surface area contributed by atoms with Crippen LogP contribution in [0.4, 0.5) is 0 Å². The van der Waals surface area contributed by atoms with Gasteiger partial charge in [0.05, 0.1) is 41.7 Å². The number of esters is 1. The van der Waals surface area contributed by atoms with Gasteiger partial charge in [-0.1, -0.05) is 29.5 Å². The zero-order valence-corrected chi connectivity index (χ0v) is 23.2. The zero-order chi connectivity index (χ0) is 28.1. The molecule has 2 heterocycles. The Morgan fingerprint density at radius 2 is 2.03 bits per heavy atom. The van der Waals surface area contributed by atoms with Crippen LogP contribution in [0.3, 0.4) is 0 Å². The molecular weight excluding hydrogens is 518 g/mol. The molecule has 1 atom stereocenters. The minimum Gasteiger partial charge on any atom is -0.493 e. The Morgan fingerprint density at radius 3 is 2.72 bits per heavy atom. The molecule has 39 heavy (non-hydrogen) atoms. The average molecular weight is 548 g/mol. The smallest absolute Gasteiger partial charge is 0.338 e. The highest BCUT2D eigenvalue weighted by atomic mass is 32.1. The lowest BCUT2D eigenvalue weighted by molar-refractivity contribution is -0.139. The lowest BCUT2D eigenvalue weighted by atomic mass is 9.95. The van der Waals surface area contributed by atoms with Crippen molar-refractivity contribution in [2.75, 3.05) is 20.3 Å². The van der Waals surface area contributed by atoms with Crippen LogP contribution in [-0.2, 0) is 9.53 Å². The number of thiazole rings is 1. The van der Waals surface area contributed by atoms with Gasteiger partial charge in [0.25, 0.3) is 5.56 Å². The Morgan fingerprint density at radius 1 is 1.23 bits per heavy atom. The molecular formula is C29H29N3O6S. The molecule has 1 aliphatic rings. The molecule has 0 saturated heterocycles. The summed E-state index contributed by atoms with van der Waals surface area (Å²) in [6.45, 7) is 7.41. The second-order valence-electron chi connectivity index (χ2n) is 8.90. The molecule has 0 bridgehead atoms. The molecule has 0 unspecified atom stereocenters. The molecule has 9 nitrogen and oxygen atoms in total. The first-order valence-electron chi connectivity index (χ1n) is 12.4. The summed E-state index contributed by atoms with van der Waals surface area (Å²) >= 11 is 1.22. The zero-order valence-electron chi connectivity index (χ0n) is 22.4. The molecule has 2 aromatic carbocycles. The number of hydrogen-bond donors (Lipinski definition) is 0. The third-order valence-electron chi connectivity index (χ3n) is 5.84. The SMILES string of the molecule is CCOC(=O)C1=C(C)N=c2s/c(=C/c3cccc(OCC#N)c3)c(=O)n2[C@H]1c1ccc(OC(C)C)c(OC)c1. The van der Waals surface area contributed by atoms with E-state index < -0.39 is 12.0 Å². The number of hydrogen-bond acceptors (Lipinski definition) is 9. The van der Waals surface area contributed by atoms with Crippen LogP contribution < -0.4 is 29.1 Å². The monoisotopic (exact) mass is 547 g/mol. The number of carbonyl (C=O) groups is 1. The van der Waals surface area contributed by atoms with Crippen LogP contribution in [0.1, 0.15) is 44.9 Å². The molecule has 0 saturated carbocycles. The average Bonchev–Trinajstić information content (AvgIpc) is 3.21. The van der Waals surface area contributed by atoms with Crippen molar-refractivity contribution >= 4 is 23.4 Å². The Balaban J connectivity index is 1.90. The summed E-state index contributed by atoms with van der Waals surface area (Å²) in [5, 5.41) is 8.80. The number of nitrogens with zero attached hydrogens (tertiary/aromatic N) is 3. The number of methoxy groups -OCH3 is 1. The van der Waals surface area contributed by atoms with Crippen molar-refractivity contribution in [1.29, 1.82) is 5.26 Å². The van der Waals surface area contributed by atoms with Gasteiger partial charge in [-0.2, -0.15) is 5.26 Å². The van der Waals surface area contributed by atoms with Gasteiger partial charge in [0.2, 0.25) is 0 Å². The topological polar surface area (TPSA) is 112 Å². The lowest BCUT2D eigenvalue weighted by Gasteiger charge is -2.25. The number of rotatable bonds is 9. The predicted molar refractivity (Wildman–Crippen MR) is 147 cm³/mol. The Kier molecular flexibility index (Phi) is 8.52. The fraction of sp³-hybridized carbons (Fsp3) is 0.310. The summed E-state index contributed by atoms with van der Waals surface area (Å²) in [7, 11) is 1.54. The molecule has 0 radical (unpaired) electrons. The van der Waals surface area contributed by atoms with Gasteiger partial charge >= 0.3 is 5.97 Å². The lowest BCUT2D eigenvalue weighted by Crippen LogP contribution is -2.40. The van der Waals surface area contributed by atoms with E-state index in [2.05, 4.69) is 4.99 Å². The van der Waals surface area contributed by atoms with Crippen molar-refractivity contribution in [3.8, 4) is 23.3 Å². The first-order valence-corrected chi connectivity index (χ1v) is 13.2. The van der Waals surface area contributed by atoms with Gasteiger partial charge in [-0.05, 0) is 69.2 Å². The van der Waals surface area contributed by atoms with Gasteiger partial charge in [-0.15, -0.1) is 0 Å². The van der Waals surface area contributed by atoms with Gasteiger partial charge in [-0.25, -0.2) is 9.79 Å². The first-order chi connectivity index (χ1) is 18.8. The van der Waals surface area contributed by atoms with Crippen LogP contribution in [0, 0.1) is 11.3 Å². The van der Waals surface area contributed by atoms with E-state index in [1.165, 1.54) is 15.9 Å². The molecule has 0 N–H and O–H groups in total. The van der Waals surface area contributed by atoms with Gasteiger partial charge in [0, 0.05) is 0 Å². The third kappa shape index (κ3) is 5.89. The maximum atomic E-state index is 13.8. The third-order valence-corrected chi connectivity index (χ3v) is 6.83. The molecule has 0 amide bonds. The molecule has 1 aromatic heterocycles. The van der Waals surface area contributed by atoms with Crippen molar-refractivity contribution in [3.05, 3.63) is 84.5 Å². The predicted octanol–water partition coefficient (Wildman–Crippen LogP) is 3.50. The van der Waals surface area contributed by atoms with E-state index in [1.807, 2.05) is 32.0 Å². The summed E-state index contributed by atoms with van der Waals surface area (Å²) in [4.78, 5) is 32.1. The second kappa shape index (κ2) is 12.0. The first kappa shape index (κ1) is 27.7. The van der Waals surface area contributed by atoms with Crippen LogP contribution in [0.15, 0.2) is 63.5 Å². The van der Waals surface area contributed by atoms with Gasteiger partial charge < -0.3 is 18.9 Å². The molecule has 10 heteroatoms. The summed E-state index contributed by atoms with van der Waals surface area (Å²) in [6, 6.07) is 13.6. The van der Waals surface area contributed by atoms with E-state index in [4.69, 9.17) is 24.2 Å². The van der Waals surface area contributed by atoms with Crippen molar-refractivity contribution in [1.82, 2.24) is 4.57 Å². The van der Waals surface area contributed by atoms with E-state index in [0.29, 0.717) is 37.8 Å². The standard InChI is InChI=1S/C29H29N3O6S/c1-6-36-28(34)25-18(4)31-29-32(26(25)20-10-11-22(38-17(2)3)23(16-20)35-5)27(33)24(39-29)15-19-8-7-9-21(14-19)37-13-12-30/h7-11,14-17,26H,6,13H2,1-5H3/b24-15+/t26-/m0/s1. The number of ether oxygens (including phenoxy) is 4. The summed E-state index contributed by atoms with van der Waals surface area (Å²) in [5.41, 5.74) is 1.83. The van der Waals surface area contributed by atoms with E-state index in [9.17, 15) is 9.59 Å². The second-order valence-corrected chi connectivity index (χ2v) is 9.91. The number of aromatic nitrogens is 1. The molecule has 1 aliphatic heterocycles. The maximum Gasteiger partial charge on any atom is 0.338 e. The molecule has 202 valence electrons. The summed E-state index contributed by atoms with van der Waals surface area (Å²) in [6.07, 6.45) is 1.67. The Labute approximate surface area is 229 Å². The normalized spacial score (nSPS) is 14.9. The maximum absolute atomic E-state index is 13.8. The van der Waals surface area contributed by atoms with E-state index in [-0.39, 0.29) is 30.5 Å². The van der Waals surface area contributed by atoms with Crippen molar-refractivity contribution < 1.29 is 23.7 Å².